The van der Waals surface area contributed by atoms with Crippen LogP contribution in [0.5, 0.6) is 0 Å². The lowest BCUT2D eigenvalue weighted by molar-refractivity contribution is -0.126. The Hall–Kier alpha value is -3.01. The summed E-state index contributed by atoms with van der Waals surface area (Å²) in [4.78, 5) is 31.8. The zero-order valence-corrected chi connectivity index (χ0v) is 20.6. The second-order valence-corrected chi connectivity index (χ2v) is 9.30. The second kappa shape index (κ2) is 9.93. The largest absolute Gasteiger partial charge is 0.321 e. The topological polar surface area (TPSA) is 92.7 Å². The van der Waals surface area contributed by atoms with Gasteiger partial charge in [-0.25, -0.2) is 9.67 Å². The number of H-pyrrole nitrogens is 1. The van der Waals surface area contributed by atoms with E-state index in [0.29, 0.717) is 27.4 Å². The number of anilines is 1. The first-order valence-electron chi connectivity index (χ1n) is 10.4. The van der Waals surface area contributed by atoms with Gasteiger partial charge in [0.1, 0.15) is 16.9 Å². The molecule has 0 spiro atoms. The number of carbonyl (C=O) groups excluding carboxylic acids is 1. The zero-order chi connectivity index (χ0) is 25.4. The van der Waals surface area contributed by atoms with Crippen LogP contribution in [0.1, 0.15) is 36.8 Å². The highest BCUT2D eigenvalue weighted by molar-refractivity contribution is 6.40. The quantitative estimate of drug-likeness (QED) is 0.314. The molecule has 0 aliphatic carbocycles. The van der Waals surface area contributed by atoms with E-state index in [1.807, 2.05) is 13.8 Å². The summed E-state index contributed by atoms with van der Waals surface area (Å²) < 4.78 is 26.6. The van der Waals surface area contributed by atoms with Crippen LogP contribution in [-0.2, 0) is 11.2 Å². The Labute approximate surface area is 213 Å². The first-order valence-corrected chi connectivity index (χ1v) is 11.5. The molecule has 0 aliphatic heterocycles. The van der Waals surface area contributed by atoms with E-state index in [9.17, 15) is 18.4 Å². The first-order chi connectivity index (χ1) is 16.5. The third-order valence-corrected chi connectivity index (χ3v) is 5.91. The lowest BCUT2D eigenvalue weighted by Gasteiger charge is -2.10. The van der Waals surface area contributed by atoms with E-state index in [2.05, 4.69) is 20.4 Å². The number of carbonyl (C=O) groups is 1. The average molecular weight is 541 g/mol. The summed E-state index contributed by atoms with van der Waals surface area (Å²) in [6.45, 7) is 3.79. The normalized spacial score (nSPS) is 11.6. The third-order valence-electron chi connectivity index (χ3n) is 5.12. The number of hydrogen-bond donors (Lipinski definition) is 2. The van der Waals surface area contributed by atoms with Crippen LogP contribution in [0.4, 0.5) is 14.5 Å². The van der Waals surface area contributed by atoms with Gasteiger partial charge in [0.2, 0.25) is 0 Å². The van der Waals surface area contributed by atoms with Gasteiger partial charge in [-0.2, -0.15) is 13.9 Å². The van der Waals surface area contributed by atoms with Gasteiger partial charge in [-0.1, -0.05) is 60.8 Å². The van der Waals surface area contributed by atoms with Crippen molar-refractivity contribution in [3.63, 3.8) is 0 Å². The molecule has 0 atom stereocenters. The summed E-state index contributed by atoms with van der Waals surface area (Å²) >= 11 is 18.9. The van der Waals surface area contributed by atoms with Gasteiger partial charge in [0.05, 0.1) is 15.7 Å². The molecular formula is C23H18Cl3F2N5O2. The summed E-state index contributed by atoms with van der Waals surface area (Å²) in [6.07, 6.45) is -2.99. The maximum Gasteiger partial charge on any atom is 0.315 e. The van der Waals surface area contributed by atoms with Crippen LogP contribution < -0.4 is 10.9 Å². The number of aromatic nitrogens is 4. The number of rotatable bonds is 6. The number of halogens is 5. The molecule has 2 heterocycles. The van der Waals surface area contributed by atoms with Crippen molar-refractivity contribution in [1.82, 2.24) is 19.7 Å². The minimum Gasteiger partial charge on any atom is -0.321 e. The van der Waals surface area contributed by atoms with Gasteiger partial charge in [0, 0.05) is 17.1 Å². The molecule has 35 heavy (non-hydrogen) atoms. The summed E-state index contributed by atoms with van der Waals surface area (Å²) in [5.74, 6) is -1.22. The molecule has 1 amide bonds. The highest BCUT2D eigenvalue weighted by Gasteiger charge is 2.23. The standard InChI is InChI=1S/C23H18Cl3F2N5O2/c1-10(2)18-17-21(33(32-18)19-14(25)8-12(24)9-15(19)26)30-16(31-22(17)34)7-11-4-3-5-13(6-11)29-23(35)20(27)28/h3-6,8-10,20H,7H2,1-2H3,(H,29,35)(H,30,31,34). The van der Waals surface area contributed by atoms with Gasteiger partial charge in [-0.3, -0.25) is 9.59 Å². The van der Waals surface area contributed by atoms with Crippen LogP contribution in [0.3, 0.4) is 0 Å². The lowest BCUT2D eigenvalue weighted by Crippen LogP contribution is -2.20. The number of benzene rings is 2. The smallest absolute Gasteiger partial charge is 0.315 e. The van der Waals surface area contributed by atoms with E-state index in [1.54, 1.807) is 12.1 Å². The summed E-state index contributed by atoms with van der Waals surface area (Å²) in [5.41, 5.74) is 1.51. The zero-order valence-electron chi connectivity index (χ0n) is 18.4. The molecule has 0 bridgehead atoms. The van der Waals surface area contributed by atoms with Gasteiger partial charge >= 0.3 is 6.43 Å². The number of nitrogens with zero attached hydrogens (tertiary/aromatic N) is 3. The van der Waals surface area contributed by atoms with Crippen molar-refractivity contribution in [3.05, 3.63) is 78.9 Å². The van der Waals surface area contributed by atoms with Gasteiger partial charge in [-0.15, -0.1) is 0 Å². The average Bonchev–Trinajstić information content (AvgIpc) is 3.13. The highest BCUT2D eigenvalue weighted by Crippen LogP contribution is 2.34. The number of fused-ring (bicyclic) bond motifs is 1. The van der Waals surface area contributed by atoms with Crippen LogP contribution in [-0.4, -0.2) is 32.1 Å². The fraction of sp³-hybridized carbons (Fsp3) is 0.217. The van der Waals surface area contributed by atoms with Gasteiger partial charge in [-0.05, 0) is 35.7 Å². The van der Waals surface area contributed by atoms with Gasteiger partial charge in [0.25, 0.3) is 11.5 Å². The van der Waals surface area contributed by atoms with Crippen LogP contribution >= 0.6 is 34.8 Å². The molecule has 0 aliphatic rings. The Morgan fingerprint density at radius 2 is 1.83 bits per heavy atom. The molecule has 0 radical (unpaired) electrons. The van der Waals surface area contributed by atoms with Gasteiger partial charge in [0.15, 0.2) is 5.65 Å². The molecule has 0 saturated carbocycles. The van der Waals surface area contributed by atoms with E-state index in [1.165, 1.54) is 28.9 Å². The molecule has 2 aromatic heterocycles. The molecule has 0 unspecified atom stereocenters. The number of aromatic amines is 1. The van der Waals surface area contributed by atoms with Crippen molar-refractivity contribution < 1.29 is 13.6 Å². The minimum absolute atomic E-state index is 0.104. The van der Waals surface area contributed by atoms with Crippen molar-refractivity contribution in [2.75, 3.05) is 5.32 Å². The molecule has 182 valence electrons. The van der Waals surface area contributed by atoms with Crippen molar-refractivity contribution in [1.29, 1.82) is 0 Å². The molecule has 7 nitrogen and oxygen atoms in total. The fourth-order valence-electron chi connectivity index (χ4n) is 3.63. The van der Waals surface area contributed by atoms with Crippen LogP contribution in [0.2, 0.25) is 15.1 Å². The Bertz CT molecular complexity index is 1480. The summed E-state index contributed by atoms with van der Waals surface area (Å²) in [6, 6.07) is 9.35. The maximum absolute atomic E-state index is 13.1. The van der Waals surface area contributed by atoms with Crippen molar-refractivity contribution in [2.45, 2.75) is 32.6 Å². The van der Waals surface area contributed by atoms with Crippen LogP contribution in [0.15, 0.2) is 41.2 Å². The van der Waals surface area contributed by atoms with E-state index < -0.39 is 17.9 Å². The van der Waals surface area contributed by atoms with Gasteiger partial charge < -0.3 is 10.3 Å². The molecule has 0 fully saturated rings. The van der Waals surface area contributed by atoms with E-state index in [4.69, 9.17) is 34.8 Å². The van der Waals surface area contributed by atoms with Crippen molar-refractivity contribution in [2.24, 2.45) is 0 Å². The van der Waals surface area contributed by atoms with Crippen molar-refractivity contribution in [3.8, 4) is 5.69 Å². The number of hydrogen-bond acceptors (Lipinski definition) is 4. The second-order valence-electron chi connectivity index (χ2n) is 8.05. The van der Waals surface area contributed by atoms with Crippen molar-refractivity contribution >= 4 is 57.4 Å². The molecular weight excluding hydrogens is 523 g/mol. The first kappa shape index (κ1) is 25.1. The predicted molar refractivity (Wildman–Crippen MR) is 132 cm³/mol. The fourth-order valence-corrected chi connectivity index (χ4v) is 4.60. The summed E-state index contributed by atoms with van der Waals surface area (Å²) in [7, 11) is 0. The van der Waals surface area contributed by atoms with E-state index >= 15 is 0 Å². The number of nitrogens with one attached hydrogen (secondary N) is 2. The molecule has 12 heteroatoms. The number of amides is 1. The Morgan fingerprint density at radius 1 is 1.14 bits per heavy atom. The molecule has 0 saturated heterocycles. The Balaban J connectivity index is 1.82. The third kappa shape index (κ3) is 5.17. The monoisotopic (exact) mass is 539 g/mol. The number of alkyl halides is 2. The predicted octanol–water partition coefficient (Wildman–Crippen LogP) is 5.99. The minimum atomic E-state index is -3.14. The molecule has 2 aromatic carbocycles. The molecule has 4 rings (SSSR count). The SMILES string of the molecule is CC(C)c1nn(-c2c(Cl)cc(Cl)cc2Cl)c2nc(Cc3cccc(NC(=O)C(F)F)c3)[nH]c(=O)c12. The Morgan fingerprint density at radius 3 is 2.46 bits per heavy atom. The summed E-state index contributed by atoms with van der Waals surface area (Å²) in [5, 5.41) is 7.82. The van der Waals surface area contributed by atoms with Crippen LogP contribution in [0.25, 0.3) is 16.7 Å². The highest BCUT2D eigenvalue weighted by atomic mass is 35.5. The molecule has 2 N–H and O–H groups in total. The lowest BCUT2D eigenvalue weighted by atomic mass is 10.1. The van der Waals surface area contributed by atoms with Crippen LogP contribution in [0, 0.1) is 0 Å². The molecule has 4 aromatic rings. The maximum atomic E-state index is 13.1. The Kier molecular flexibility index (Phi) is 7.12. The van der Waals surface area contributed by atoms with E-state index in [-0.39, 0.29) is 39.5 Å². The van der Waals surface area contributed by atoms with E-state index in [0.717, 1.165) is 0 Å².